The summed E-state index contributed by atoms with van der Waals surface area (Å²) in [5.74, 6) is 0.314. The average molecular weight is 467 g/mol. The van der Waals surface area contributed by atoms with Gasteiger partial charge in [0.1, 0.15) is 6.04 Å². The molecule has 0 heterocycles. The Morgan fingerprint density at radius 1 is 1.10 bits per heavy atom. The van der Waals surface area contributed by atoms with E-state index in [2.05, 4.69) is 5.32 Å². The molecule has 2 rings (SSSR count). The average Bonchev–Trinajstić information content (AvgIpc) is 2.72. The highest BCUT2D eigenvalue weighted by Gasteiger charge is 2.29. The molecule has 2 amide bonds. The van der Waals surface area contributed by atoms with E-state index in [4.69, 9.17) is 23.2 Å². The summed E-state index contributed by atoms with van der Waals surface area (Å²) in [6.07, 6.45) is 0.511. The second-order valence-electron chi connectivity index (χ2n) is 7.42. The molecule has 2 aromatic carbocycles. The first-order valence-electron chi connectivity index (χ1n) is 10.0. The summed E-state index contributed by atoms with van der Waals surface area (Å²) in [5.41, 5.74) is 0.759. The topological polar surface area (TPSA) is 49.4 Å². The molecule has 4 nitrogen and oxygen atoms in total. The molecule has 1 atom stereocenters. The van der Waals surface area contributed by atoms with Gasteiger partial charge in [0.05, 0.1) is 5.75 Å². The maximum absolute atomic E-state index is 13.2. The van der Waals surface area contributed by atoms with Gasteiger partial charge in [-0.1, -0.05) is 68.2 Å². The first-order valence-corrected chi connectivity index (χ1v) is 11.7. The fraction of sp³-hybridized carbons (Fsp3) is 0.391. The Morgan fingerprint density at radius 2 is 1.80 bits per heavy atom. The number of carbonyl (C=O) groups is 2. The lowest BCUT2D eigenvalue weighted by Gasteiger charge is -2.31. The quantitative estimate of drug-likeness (QED) is 0.459. The van der Waals surface area contributed by atoms with Crippen molar-refractivity contribution in [2.75, 3.05) is 12.3 Å². The molecule has 0 unspecified atom stereocenters. The first-order chi connectivity index (χ1) is 14.3. The van der Waals surface area contributed by atoms with Crippen LogP contribution in [0.4, 0.5) is 0 Å². The maximum Gasteiger partial charge on any atom is 0.242 e. The lowest BCUT2D eigenvalue weighted by molar-refractivity contribution is -0.139. The number of rotatable bonds is 10. The minimum Gasteiger partial charge on any atom is -0.354 e. The highest BCUT2D eigenvalue weighted by atomic mass is 35.5. The van der Waals surface area contributed by atoms with Crippen LogP contribution in [0.1, 0.15) is 32.8 Å². The van der Waals surface area contributed by atoms with Gasteiger partial charge in [0.25, 0.3) is 0 Å². The summed E-state index contributed by atoms with van der Waals surface area (Å²) in [4.78, 5) is 28.7. The van der Waals surface area contributed by atoms with E-state index in [0.29, 0.717) is 28.9 Å². The van der Waals surface area contributed by atoms with Gasteiger partial charge >= 0.3 is 0 Å². The van der Waals surface area contributed by atoms with Gasteiger partial charge in [-0.2, -0.15) is 0 Å². The van der Waals surface area contributed by atoms with E-state index in [1.807, 2.05) is 51.1 Å². The van der Waals surface area contributed by atoms with E-state index in [1.165, 1.54) is 11.8 Å². The zero-order valence-electron chi connectivity index (χ0n) is 17.5. The summed E-state index contributed by atoms with van der Waals surface area (Å²) < 4.78 is 0. The minimum absolute atomic E-state index is 0.110. The molecular weight excluding hydrogens is 439 g/mol. The molecule has 162 valence electrons. The molecule has 7 heteroatoms. The van der Waals surface area contributed by atoms with Crippen molar-refractivity contribution in [3.8, 4) is 0 Å². The van der Waals surface area contributed by atoms with Crippen molar-refractivity contribution < 1.29 is 9.59 Å². The number of amides is 2. The third-order valence-electron chi connectivity index (χ3n) is 4.53. The van der Waals surface area contributed by atoms with Crippen molar-refractivity contribution in [1.82, 2.24) is 10.2 Å². The number of carbonyl (C=O) groups excluding carboxylic acids is 2. The molecule has 0 aromatic heterocycles. The van der Waals surface area contributed by atoms with Gasteiger partial charge in [-0.25, -0.2) is 0 Å². The molecule has 2 aromatic rings. The standard InChI is InChI=1S/C23H28Cl2N2O2S/c1-4-21(23(29)26-13-16(2)3)27(14-17-10-11-18(24)12-20(17)25)22(28)15-30-19-8-6-5-7-9-19/h5-12,16,21H,4,13-15H2,1-3H3,(H,26,29)/t21-/m1/s1. The van der Waals surface area contributed by atoms with Gasteiger partial charge in [-0.05, 0) is 42.2 Å². The van der Waals surface area contributed by atoms with Crippen molar-refractivity contribution in [2.24, 2.45) is 5.92 Å². The zero-order chi connectivity index (χ0) is 22.1. The van der Waals surface area contributed by atoms with Gasteiger partial charge < -0.3 is 10.2 Å². The van der Waals surface area contributed by atoms with Crippen LogP contribution >= 0.6 is 35.0 Å². The van der Waals surface area contributed by atoms with Crippen LogP contribution in [0.3, 0.4) is 0 Å². The Balaban J connectivity index is 2.22. The molecule has 0 aliphatic carbocycles. The summed E-state index contributed by atoms with van der Waals surface area (Å²) in [5, 5.41) is 3.97. The van der Waals surface area contributed by atoms with E-state index in [1.54, 1.807) is 23.1 Å². The Bertz CT molecular complexity index is 846. The van der Waals surface area contributed by atoms with Gasteiger partial charge in [0.2, 0.25) is 11.8 Å². The molecule has 30 heavy (non-hydrogen) atoms. The van der Waals surface area contributed by atoms with Crippen LogP contribution in [-0.2, 0) is 16.1 Å². The first kappa shape index (κ1) is 24.6. The van der Waals surface area contributed by atoms with Gasteiger partial charge in [-0.15, -0.1) is 11.8 Å². The van der Waals surface area contributed by atoms with Crippen molar-refractivity contribution in [3.63, 3.8) is 0 Å². The lowest BCUT2D eigenvalue weighted by Crippen LogP contribution is -2.50. The maximum atomic E-state index is 13.2. The molecule has 0 aliphatic rings. The zero-order valence-corrected chi connectivity index (χ0v) is 19.9. The normalized spacial score (nSPS) is 11.9. The highest BCUT2D eigenvalue weighted by molar-refractivity contribution is 8.00. The van der Waals surface area contributed by atoms with Crippen LogP contribution in [0.5, 0.6) is 0 Å². The summed E-state index contributed by atoms with van der Waals surface area (Å²) in [7, 11) is 0. The smallest absolute Gasteiger partial charge is 0.242 e. The predicted octanol–water partition coefficient (Wildman–Crippen LogP) is 5.67. The number of benzene rings is 2. The van der Waals surface area contributed by atoms with Crippen molar-refractivity contribution >= 4 is 46.8 Å². The van der Waals surface area contributed by atoms with Crippen LogP contribution in [0, 0.1) is 5.92 Å². The van der Waals surface area contributed by atoms with Gasteiger partial charge in [0.15, 0.2) is 0 Å². The van der Waals surface area contributed by atoms with Crippen LogP contribution in [-0.4, -0.2) is 35.1 Å². The van der Waals surface area contributed by atoms with E-state index in [0.717, 1.165) is 10.5 Å². The second kappa shape index (κ2) is 12.2. The number of nitrogens with one attached hydrogen (secondary N) is 1. The Hall–Kier alpha value is -1.69. The molecular formula is C23H28Cl2N2O2S. The molecule has 0 aliphatic heterocycles. The van der Waals surface area contributed by atoms with Crippen molar-refractivity contribution in [1.29, 1.82) is 0 Å². The fourth-order valence-corrected chi connectivity index (χ4v) is 4.19. The Kier molecular flexibility index (Phi) is 10.0. The molecule has 0 bridgehead atoms. The largest absolute Gasteiger partial charge is 0.354 e. The Morgan fingerprint density at radius 3 is 2.40 bits per heavy atom. The highest BCUT2D eigenvalue weighted by Crippen LogP contribution is 2.25. The van der Waals surface area contributed by atoms with Crippen molar-refractivity contribution in [3.05, 3.63) is 64.1 Å². The summed E-state index contributed by atoms with van der Waals surface area (Å²) >= 11 is 13.8. The third-order valence-corrected chi connectivity index (χ3v) is 6.12. The van der Waals surface area contributed by atoms with Crippen LogP contribution < -0.4 is 5.32 Å². The summed E-state index contributed by atoms with van der Waals surface area (Å²) in [6, 6.07) is 14.4. The predicted molar refractivity (Wildman–Crippen MR) is 126 cm³/mol. The monoisotopic (exact) mass is 466 g/mol. The number of hydrogen-bond acceptors (Lipinski definition) is 3. The SMILES string of the molecule is CC[C@H](C(=O)NCC(C)C)N(Cc1ccc(Cl)cc1Cl)C(=O)CSc1ccccc1. The molecule has 0 spiro atoms. The van der Waals surface area contributed by atoms with E-state index in [9.17, 15) is 9.59 Å². The lowest BCUT2D eigenvalue weighted by atomic mass is 10.1. The molecule has 0 fully saturated rings. The van der Waals surface area contributed by atoms with Gasteiger partial charge in [-0.3, -0.25) is 9.59 Å². The third kappa shape index (κ3) is 7.53. The van der Waals surface area contributed by atoms with Gasteiger partial charge in [0, 0.05) is 28.0 Å². The van der Waals surface area contributed by atoms with Crippen LogP contribution in [0.25, 0.3) is 0 Å². The van der Waals surface area contributed by atoms with E-state index >= 15 is 0 Å². The molecule has 1 N–H and O–H groups in total. The number of thioether (sulfide) groups is 1. The molecule has 0 saturated carbocycles. The second-order valence-corrected chi connectivity index (χ2v) is 9.31. The van der Waals surface area contributed by atoms with E-state index in [-0.39, 0.29) is 24.1 Å². The number of nitrogens with zero attached hydrogens (tertiary/aromatic N) is 1. The molecule has 0 saturated heterocycles. The molecule has 0 radical (unpaired) electrons. The van der Waals surface area contributed by atoms with E-state index < -0.39 is 6.04 Å². The fourth-order valence-electron chi connectivity index (χ4n) is 2.92. The van der Waals surface area contributed by atoms with Crippen LogP contribution in [0.2, 0.25) is 10.0 Å². The number of hydrogen-bond donors (Lipinski definition) is 1. The number of halogens is 2. The summed E-state index contributed by atoms with van der Waals surface area (Å²) in [6.45, 7) is 6.80. The minimum atomic E-state index is -0.570. The van der Waals surface area contributed by atoms with Crippen LogP contribution in [0.15, 0.2) is 53.4 Å². The Labute approximate surface area is 193 Å². The van der Waals surface area contributed by atoms with Crippen molar-refractivity contribution in [2.45, 2.75) is 44.7 Å².